The standard InChI is InChI=1S/C12H9N3O.Na/c16-12-10-6-9(7-13-11(10)14-15-12)8-4-2-1-3-5-8;/h1-7H,(H2,13,14,15,16);/q;+1/p-1. The Balaban J connectivity index is 0.00000108. The molecular weight excluding hydrogens is 225 g/mol. The van der Waals surface area contributed by atoms with Gasteiger partial charge in [-0.2, -0.15) is 5.10 Å². The van der Waals surface area contributed by atoms with Gasteiger partial charge in [0.15, 0.2) is 5.65 Å². The number of fused-ring (bicyclic) bond motifs is 1. The molecule has 0 aliphatic heterocycles. The van der Waals surface area contributed by atoms with E-state index in [1.54, 1.807) is 6.20 Å². The minimum atomic E-state index is -0.194. The monoisotopic (exact) mass is 233 g/mol. The molecule has 0 spiro atoms. The summed E-state index contributed by atoms with van der Waals surface area (Å²) in [7, 11) is 0. The third-order valence-corrected chi connectivity index (χ3v) is 2.48. The number of H-pyrrole nitrogens is 1. The van der Waals surface area contributed by atoms with Crippen LogP contribution in [-0.4, -0.2) is 15.2 Å². The van der Waals surface area contributed by atoms with E-state index in [4.69, 9.17) is 0 Å². The van der Waals surface area contributed by atoms with Crippen LogP contribution in [0.3, 0.4) is 0 Å². The summed E-state index contributed by atoms with van der Waals surface area (Å²) < 4.78 is 0. The topological polar surface area (TPSA) is 64.6 Å². The molecule has 2 aromatic heterocycles. The summed E-state index contributed by atoms with van der Waals surface area (Å²) in [4.78, 5) is 4.14. The Hall–Kier alpha value is -1.36. The number of nitrogens with zero attached hydrogens (tertiary/aromatic N) is 2. The third kappa shape index (κ3) is 2.20. The Bertz CT molecular complexity index is 637. The van der Waals surface area contributed by atoms with Crippen LogP contribution in [0.15, 0.2) is 42.6 Å². The second-order valence-electron chi connectivity index (χ2n) is 3.51. The van der Waals surface area contributed by atoms with E-state index in [1.807, 2.05) is 36.4 Å². The minimum Gasteiger partial charge on any atom is -0.859 e. The first-order valence-electron chi connectivity index (χ1n) is 4.91. The van der Waals surface area contributed by atoms with Crippen molar-refractivity contribution in [3.05, 3.63) is 42.6 Å². The van der Waals surface area contributed by atoms with Crippen molar-refractivity contribution >= 4 is 11.0 Å². The van der Waals surface area contributed by atoms with Gasteiger partial charge in [-0.1, -0.05) is 30.3 Å². The molecule has 3 aromatic rings. The quantitative estimate of drug-likeness (QED) is 0.531. The smallest absolute Gasteiger partial charge is 0.859 e. The zero-order valence-electron chi connectivity index (χ0n) is 9.34. The van der Waals surface area contributed by atoms with Crippen LogP contribution >= 0.6 is 0 Å². The first-order chi connectivity index (χ1) is 7.84. The number of aromatic amines is 1. The van der Waals surface area contributed by atoms with Crippen LogP contribution in [0, 0.1) is 0 Å². The fourth-order valence-electron chi connectivity index (χ4n) is 1.67. The van der Waals surface area contributed by atoms with Crippen molar-refractivity contribution < 1.29 is 34.7 Å². The van der Waals surface area contributed by atoms with E-state index in [-0.39, 0.29) is 35.4 Å². The zero-order valence-corrected chi connectivity index (χ0v) is 11.3. The molecule has 0 saturated heterocycles. The molecule has 17 heavy (non-hydrogen) atoms. The van der Waals surface area contributed by atoms with E-state index < -0.39 is 0 Å². The Morgan fingerprint density at radius 2 is 1.82 bits per heavy atom. The molecule has 0 aliphatic carbocycles. The van der Waals surface area contributed by atoms with Crippen molar-refractivity contribution in [2.45, 2.75) is 0 Å². The average molecular weight is 233 g/mol. The first kappa shape index (κ1) is 12.1. The summed E-state index contributed by atoms with van der Waals surface area (Å²) in [6, 6.07) is 11.6. The molecule has 5 heteroatoms. The van der Waals surface area contributed by atoms with Gasteiger partial charge in [-0.15, -0.1) is 0 Å². The van der Waals surface area contributed by atoms with E-state index >= 15 is 0 Å². The fourth-order valence-corrected chi connectivity index (χ4v) is 1.67. The van der Waals surface area contributed by atoms with Gasteiger partial charge in [-0.25, -0.2) is 4.98 Å². The summed E-state index contributed by atoms with van der Waals surface area (Å²) >= 11 is 0. The molecule has 0 atom stereocenters. The van der Waals surface area contributed by atoms with Crippen molar-refractivity contribution in [1.82, 2.24) is 15.2 Å². The molecule has 0 radical (unpaired) electrons. The number of pyridine rings is 1. The maximum atomic E-state index is 11.4. The van der Waals surface area contributed by atoms with Crippen LogP contribution < -0.4 is 34.7 Å². The molecule has 0 unspecified atom stereocenters. The van der Waals surface area contributed by atoms with Crippen molar-refractivity contribution in [2.75, 3.05) is 0 Å². The zero-order chi connectivity index (χ0) is 11.0. The Morgan fingerprint density at radius 3 is 2.59 bits per heavy atom. The minimum absolute atomic E-state index is 0. The SMILES string of the molecule is [Na+].[O-]c1[nH]nc2ncc(-c3ccccc3)cc12. The molecule has 0 saturated carbocycles. The van der Waals surface area contributed by atoms with Gasteiger partial charge in [0, 0.05) is 17.1 Å². The second kappa shape index (κ2) is 4.87. The predicted molar refractivity (Wildman–Crippen MR) is 58.8 cm³/mol. The molecule has 78 valence electrons. The molecule has 0 aliphatic rings. The van der Waals surface area contributed by atoms with Crippen LogP contribution in [0.2, 0.25) is 0 Å². The maximum Gasteiger partial charge on any atom is 1.00 e. The Kier molecular flexibility index (Phi) is 3.47. The van der Waals surface area contributed by atoms with Crippen molar-refractivity contribution in [2.24, 2.45) is 0 Å². The third-order valence-electron chi connectivity index (χ3n) is 2.48. The van der Waals surface area contributed by atoms with Crippen LogP contribution in [0.1, 0.15) is 0 Å². The van der Waals surface area contributed by atoms with E-state index in [9.17, 15) is 5.11 Å². The van der Waals surface area contributed by atoms with Crippen molar-refractivity contribution in [3.8, 4) is 17.0 Å². The van der Waals surface area contributed by atoms with Gasteiger partial charge in [-0.05, 0) is 17.5 Å². The molecule has 3 rings (SSSR count). The van der Waals surface area contributed by atoms with Gasteiger partial charge in [0.05, 0.1) is 0 Å². The molecular formula is C12H8N3NaO. The number of hydrogen-bond donors (Lipinski definition) is 1. The fraction of sp³-hybridized carbons (Fsp3) is 0. The second-order valence-corrected chi connectivity index (χ2v) is 3.51. The van der Waals surface area contributed by atoms with Crippen LogP contribution in [0.25, 0.3) is 22.2 Å². The van der Waals surface area contributed by atoms with Gasteiger partial charge in [0.2, 0.25) is 0 Å². The molecule has 4 nitrogen and oxygen atoms in total. The molecule has 0 fully saturated rings. The van der Waals surface area contributed by atoms with E-state index in [1.165, 1.54) is 0 Å². The number of aromatic nitrogens is 3. The molecule has 0 amide bonds. The number of benzene rings is 1. The number of nitrogens with one attached hydrogen (secondary N) is 1. The normalized spacial score (nSPS) is 10.1. The Labute approximate surface area is 120 Å². The number of hydrogen-bond acceptors (Lipinski definition) is 3. The van der Waals surface area contributed by atoms with Gasteiger partial charge in [0.25, 0.3) is 0 Å². The average Bonchev–Trinajstić information content (AvgIpc) is 2.72. The largest absolute Gasteiger partial charge is 1.00 e. The van der Waals surface area contributed by atoms with E-state index in [0.717, 1.165) is 11.1 Å². The van der Waals surface area contributed by atoms with Gasteiger partial charge >= 0.3 is 29.6 Å². The summed E-state index contributed by atoms with van der Waals surface area (Å²) in [6.45, 7) is 0. The molecule has 0 bridgehead atoms. The van der Waals surface area contributed by atoms with Gasteiger partial charge in [0.1, 0.15) is 0 Å². The van der Waals surface area contributed by atoms with Crippen molar-refractivity contribution in [3.63, 3.8) is 0 Å². The van der Waals surface area contributed by atoms with Crippen molar-refractivity contribution in [1.29, 1.82) is 0 Å². The van der Waals surface area contributed by atoms with Crippen LogP contribution in [-0.2, 0) is 0 Å². The predicted octanol–water partition coefficient (Wildman–Crippen LogP) is -1.30. The Morgan fingerprint density at radius 1 is 1.06 bits per heavy atom. The van der Waals surface area contributed by atoms with E-state index in [2.05, 4.69) is 15.2 Å². The maximum absolute atomic E-state index is 11.4. The van der Waals surface area contributed by atoms with Crippen LogP contribution in [0.4, 0.5) is 0 Å². The summed E-state index contributed by atoms with van der Waals surface area (Å²) in [6.07, 6.45) is 1.72. The van der Waals surface area contributed by atoms with Crippen LogP contribution in [0.5, 0.6) is 5.88 Å². The summed E-state index contributed by atoms with van der Waals surface area (Å²) in [5, 5.41) is 18.1. The summed E-state index contributed by atoms with van der Waals surface area (Å²) in [5.74, 6) is -0.194. The summed E-state index contributed by atoms with van der Waals surface area (Å²) in [5.41, 5.74) is 2.42. The molecule has 1 aromatic carbocycles. The van der Waals surface area contributed by atoms with E-state index in [0.29, 0.717) is 11.0 Å². The first-order valence-corrected chi connectivity index (χ1v) is 4.91. The van der Waals surface area contributed by atoms with Gasteiger partial charge in [-0.3, -0.25) is 5.10 Å². The molecule has 2 heterocycles. The van der Waals surface area contributed by atoms with Gasteiger partial charge < -0.3 is 5.11 Å². The number of rotatable bonds is 1. The molecule has 1 N–H and O–H groups in total.